The predicted octanol–water partition coefficient (Wildman–Crippen LogP) is 3.58. The summed E-state index contributed by atoms with van der Waals surface area (Å²) in [6, 6.07) is 4.09. The lowest BCUT2D eigenvalue weighted by molar-refractivity contribution is 0.387. The van der Waals surface area contributed by atoms with Crippen molar-refractivity contribution < 1.29 is 0 Å². The summed E-state index contributed by atoms with van der Waals surface area (Å²) >= 11 is 3.40. The van der Waals surface area contributed by atoms with Crippen LogP contribution >= 0.6 is 15.9 Å². The van der Waals surface area contributed by atoms with E-state index in [0.717, 1.165) is 36.1 Å². The number of rotatable bonds is 7. The zero-order chi connectivity index (χ0) is 12.7. The SMILES string of the molecule is C=CC(C)(CNCCC)Cc1ccc(Br)cn1. The molecule has 1 aromatic heterocycles. The second kappa shape index (κ2) is 6.92. The van der Waals surface area contributed by atoms with Crippen molar-refractivity contribution in [2.24, 2.45) is 5.41 Å². The number of pyridine rings is 1. The molecule has 1 rings (SSSR count). The molecular weight excluding hydrogens is 276 g/mol. The minimum absolute atomic E-state index is 0.0655. The van der Waals surface area contributed by atoms with E-state index in [9.17, 15) is 0 Å². The van der Waals surface area contributed by atoms with Crippen LogP contribution in [0.3, 0.4) is 0 Å². The van der Waals surface area contributed by atoms with E-state index in [-0.39, 0.29) is 5.41 Å². The first kappa shape index (κ1) is 14.4. The maximum absolute atomic E-state index is 4.42. The third-order valence-electron chi connectivity index (χ3n) is 2.82. The van der Waals surface area contributed by atoms with Crippen LogP contribution < -0.4 is 5.32 Å². The van der Waals surface area contributed by atoms with Crippen molar-refractivity contribution in [3.8, 4) is 0 Å². The molecule has 17 heavy (non-hydrogen) atoms. The first-order valence-corrected chi connectivity index (χ1v) is 6.83. The molecule has 0 aliphatic carbocycles. The molecule has 0 spiro atoms. The standard InChI is InChI=1S/C14H21BrN2/c1-4-8-16-11-14(3,5-2)9-13-7-6-12(15)10-17-13/h5-7,10,16H,2,4,8-9,11H2,1,3H3. The maximum Gasteiger partial charge on any atom is 0.0413 e. The topological polar surface area (TPSA) is 24.9 Å². The van der Waals surface area contributed by atoms with E-state index in [4.69, 9.17) is 0 Å². The molecule has 0 aliphatic heterocycles. The number of halogens is 1. The van der Waals surface area contributed by atoms with E-state index in [1.54, 1.807) is 0 Å². The van der Waals surface area contributed by atoms with Crippen molar-refractivity contribution in [2.75, 3.05) is 13.1 Å². The van der Waals surface area contributed by atoms with Crippen LogP contribution in [0.1, 0.15) is 26.0 Å². The van der Waals surface area contributed by atoms with Crippen molar-refractivity contribution >= 4 is 15.9 Å². The Balaban J connectivity index is 2.61. The van der Waals surface area contributed by atoms with Crippen molar-refractivity contribution in [3.05, 3.63) is 41.2 Å². The first-order valence-electron chi connectivity index (χ1n) is 6.04. The van der Waals surface area contributed by atoms with Gasteiger partial charge in [0.05, 0.1) is 0 Å². The number of hydrogen-bond acceptors (Lipinski definition) is 2. The van der Waals surface area contributed by atoms with E-state index in [1.165, 1.54) is 0 Å². The minimum Gasteiger partial charge on any atom is -0.316 e. The van der Waals surface area contributed by atoms with Gasteiger partial charge in [-0.2, -0.15) is 0 Å². The van der Waals surface area contributed by atoms with Gasteiger partial charge in [-0.05, 0) is 47.4 Å². The summed E-state index contributed by atoms with van der Waals surface area (Å²) in [5.41, 5.74) is 1.17. The largest absolute Gasteiger partial charge is 0.316 e. The Kier molecular flexibility index (Phi) is 5.86. The molecule has 0 aliphatic rings. The summed E-state index contributed by atoms with van der Waals surface area (Å²) < 4.78 is 1.02. The summed E-state index contributed by atoms with van der Waals surface area (Å²) in [4.78, 5) is 4.42. The van der Waals surface area contributed by atoms with E-state index in [0.29, 0.717) is 0 Å². The monoisotopic (exact) mass is 296 g/mol. The number of nitrogens with one attached hydrogen (secondary N) is 1. The average molecular weight is 297 g/mol. The molecule has 0 fully saturated rings. The molecular formula is C14H21BrN2. The fourth-order valence-corrected chi connectivity index (χ4v) is 1.92. The Hall–Kier alpha value is -0.670. The maximum atomic E-state index is 4.42. The highest BCUT2D eigenvalue weighted by molar-refractivity contribution is 9.10. The van der Waals surface area contributed by atoms with Crippen LogP contribution in [0.15, 0.2) is 35.5 Å². The van der Waals surface area contributed by atoms with E-state index < -0.39 is 0 Å². The lowest BCUT2D eigenvalue weighted by atomic mass is 9.85. The smallest absolute Gasteiger partial charge is 0.0413 e. The van der Waals surface area contributed by atoms with Crippen molar-refractivity contribution in [2.45, 2.75) is 26.7 Å². The quantitative estimate of drug-likeness (QED) is 0.614. The van der Waals surface area contributed by atoms with Gasteiger partial charge in [-0.1, -0.05) is 19.9 Å². The van der Waals surface area contributed by atoms with Gasteiger partial charge in [-0.15, -0.1) is 6.58 Å². The molecule has 0 bridgehead atoms. The van der Waals surface area contributed by atoms with Gasteiger partial charge in [-0.3, -0.25) is 4.98 Å². The molecule has 0 radical (unpaired) electrons. The fraction of sp³-hybridized carbons (Fsp3) is 0.500. The van der Waals surface area contributed by atoms with Crippen LogP contribution in [0, 0.1) is 5.41 Å². The summed E-state index contributed by atoms with van der Waals surface area (Å²) in [6.07, 6.45) is 5.95. The molecule has 3 heteroatoms. The number of hydrogen-bond donors (Lipinski definition) is 1. The van der Waals surface area contributed by atoms with E-state index in [2.05, 4.69) is 52.7 Å². The molecule has 1 aromatic rings. The predicted molar refractivity (Wildman–Crippen MR) is 77.1 cm³/mol. The van der Waals surface area contributed by atoms with Gasteiger partial charge in [0.25, 0.3) is 0 Å². The molecule has 0 saturated heterocycles. The van der Waals surface area contributed by atoms with Crippen LogP contribution in [0.2, 0.25) is 0 Å². The highest BCUT2D eigenvalue weighted by Gasteiger charge is 2.20. The first-order chi connectivity index (χ1) is 8.09. The lowest BCUT2D eigenvalue weighted by Crippen LogP contribution is -2.32. The molecule has 1 unspecified atom stereocenters. The van der Waals surface area contributed by atoms with Gasteiger partial charge < -0.3 is 5.32 Å². The third kappa shape index (κ3) is 5.00. The second-order valence-corrected chi connectivity index (χ2v) is 5.60. The highest BCUT2D eigenvalue weighted by atomic mass is 79.9. The summed E-state index contributed by atoms with van der Waals surface area (Å²) in [6.45, 7) is 10.3. The van der Waals surface area contributed by atoms with Gasteiger partial charge in [0.1, 0.15) is 0 Å². The molecule has 1 atom stereocenters. The molecule has 0 saturated carbocycles. The molecule has 94 valence electrons. The summed E-state index contributed by atoms with van der Waals surface area (Å²) in [7, 11) is 0. The summed E-state index contributed by atoms with van der Waals surface area (Å²) in [5, 5.41) is 3.45. The van der Waals surface area contributed by atoms with Gasteiger partial charge in [0.15, 0.2) is 0 Å². The Morgan fingerprint density at radius 2 is 2.29 bits per heavy atom. The lowest BCUT2D eigenvalue weighted by Gasteiger charge is -2.25. The van der Waals surface area contributed by atoms with Crippen molar-refractivity contribution in [1.82, 2.24) is 10.3 Å². The zero-order valence-electron chi connectivity index (χ0n) is 10.7. The zero-order valence-corrected chi connectivity index (χ0v) is 12.3. The van der Waals surface area contributed by atoms with Crippen LogP contribution in [-0.2, 0) is 6.42 Å². The molecule has 0 amide bonds. The van der Waals surface area contributed by atoms with E-state index >= 15 is 0 Å². The Labute approximate surface area is 113 Å². The Morgan fingerprint density at radius 3 is 2.82 bits per heavy atom. The Morgan fingerprint density at radius 1 is 1.53 bits per heavy atom. The third-order valence-corrected chi connectivity index (χ3v) is 3.29. The molecule has 0 aromatic carbocycles. The Bertz CT molecular complexity index is 348. The second-order valence-electron chi connectivity index (χ2n) is 4.68. The highest BCUT2D eigenvalue weighted by Crippen LogP contribution is 2.22. The molecule has 2 nitrogen and oxygen atoms in total. The fourth-order valence-electron chi connectivity index (χ4n) is 1.68. The van der Waals surface area contributed by atoms with Gasteiger partial charge >= 0.3 is 0 Å². The normalized spacial score (nSPS) is 14.3. The average Bonchev–Trinajstić information content (AvgIpc) is 2.33. The van der Waals surface area contributed by atoms with Gasteiger partial charge in [0, 0.05) is 28.3 Å². The van der Waals surface area contributed by atoms with Crippen molar-refractivity contribution in [1.29, 1.82) is 0 Å². The minimum atomic E-state index is 0.0655. The molecule has 1 N–H and O–H groups in total. The number of nitrogens with zero attached hydrogens (tertiary/aromatic N) is 1. The van der Waals surface area contributed by atoms with Crippen LogP contribution in [-0.4, -0.2) is 18.1 Å². The van der Waals surface area contributed by atoms with Gasteiger partial charge in [0.2, 0.25) is 0 Å². The van der Waals surface area contributed by atoms with Crippen LogP contribution in [0.25, 0.3) is 0 Å². The van der Waals surface area contributed by atoms with Crippen LogP contribution in [0.5, 0.6) is 0 Å². The summed E-state index contributed by atoms with van der Waals surface area (Å²) in [5.74, 6) is 0. The van der Waals surface area contributed by atoms with E-state index in [1.807, 2.05) is 18.3 Å². The number of aromatic nitrogens is 1. The van der Waals surface area contributed by atoms with Crippen molar-refractivity contribution in [3.63, 3.8) is 0 Å². The van der Waals surface area contributed by atoms with Gasteiger partial charge in [-0.25, -0.2) is 0 Å². The molecule has 1 heterocycles. The van der Waals surface area contributed by atoms with Crippen LogP contribution in [0.4, 0.5) is 0 Å².